The highest BCUT2D eigenvalue weighted by molar-refractivity contribution is 9.10. The van der Waals surface area contributed by atoms with E-state index in [0.717, 1.165) is 4.47 Å². The Morgan fingerprint density at radius 2 is 2.46 bits per heavy atom. The number of hydrogen-bond acceptors (Lipinski definition) is 4. The summed E-state index contributed by atoms with van der Waals surface area (Å²) in [5.74, 6) is -0.361. The lowest BCUT2D eigenvalue weighted by Gasteiger charge is -1.94. The predicted octanol–water partition coefficient (Wildman–Crippen LogP) is 0.526. The van der Waals surface area contributed by atoms with E-state index in [-0.39, 0.29) is 5.89 Å². The van der Waals surface area contributed by atoms with Crippen LogP contribution in [0.25, 0.3) is 11.6 Å². The number of nitrogens with one attached hydrogen (secondary N) is 1. The first kappa shape index (κ1) is 8.24. The smallest absolute Gasteiger partial charge is 0.386 e. The van der Waals surface area contributed by atoms with Gasteiger partial charge in [0.1, 0.15) is 5.69 Å². The normalized spacial score (nSPS) is 10.6. The largest absolute Gasteiger partial charge is 0.434 e. The molecule has 0 saturated heterocycles. The van der Waals surface area contributed by atoms with E-state index in [1.54, 1.807) is 17.9 Å². The molecule has 0 bridgehead atoms. The van der Waals surface area contributed by atoms with Gasteiger partial charge in [-0.15, -0.1) is 5.10 Å². The monoisotopic (exact) mass is 244 g/mol. The van der Waals surface area contributed by atoms with Gasteiger partial charge >= 0.3 is 5.76 Å². The number of aryl methyl sites for hydroxylation is 1. The molecule has 0 atom stereocenters. The summed E-state index contributed by atoms with van der Waals surface area (Å²) in [6, 6.07) is 0. The summed E-state index contributed by atoms with van der Waals surface area (Å²) in [7, 11) is 1.73. The van der Waals surface area contributed by atoms with Gasteiger partial charge in [0.15, 0.2) is 0 Å². The molecule has 0 aromatic carbocycles. The van der Waals surface area contributed by atoms with Gasteiger partial charge in [-0.3, -0.25) is 4.68 Å². The zero-order valence-corrected chi connectivity index (χ0v) is 8.20. The fraction of sp³-hybridized carbons (Fsp3) is 0.167. The molecule has 2 rings (SSSR count). The maximum absolute atomic E-state index is 10.7. The molecule has 1 N–H and O–H groups in total. The van der Waals surface area contributed by atoms with Gasteiger partial charge in [0.05, 0.1) is 10.7 Å². The lowest BCUT2D eigenvalue weighted by molar-refractivity contribution is 0.520. The van der Waals surface area contributed by atoms with Gasteiger partial charge < -0.3 is 4.42 Å². The zero-order chi connectivity index (χ0) is 9.42. The second kappa shape index (κ2) is 2.84. The van der Waals surface area contributed by atoms with E-state index in [9.17, 15) is 4.79 Å². The molecular formula is C6H5BrN4O2. The van der Waals surface area contributed by atoms with Gasteiger partial charge in [-0.25, -0.2) is 9.89 Å². The first-order valence-corrected chi connectivity index (χ1v) is 4.21. The number of aromatic nitrogens is 4. The lowest BCUT2D eigenvalue weighted by Crippen LogP contribution is -1.94. The molecule has 6 nitrogen and oxygen atoms in total. The summed E-state index contributed by atoms with van der Waals surface area (Å²) >= 11 is 3.26. The number of nitrogens with zero attached hydrogens (tertiary/aromatic N) is 3. The molecular weight excluding hydrogens is 240 g/mol. The van der Waals surface area contributed by atoms with E-state index < -0.39 is 5.76 Å². The second-order valence-corrected chi connectivity index (χ2v) is 3.24. The highest BCUT2D eigenvalue weighted by atomic mass is 79.9. The topological polar surface area (TPSA) is 76.7 Å². The maximum atomic E-state index is 10.7. The first-order valence-electron chi connectivity index (χ1n) is 3.42. The highest BCUT2D eigenvalue weighted by Gasteiger charge is 2.13. The molecule has 0 spiro atoms. The van der Waals surface area contributed by atoms with Gasteiger partial charge in [0.25, 0.3) is 5.89 Å². The summed E-state index contributed by atoms with van der Waals surface area (Å²) in [6.07, 6.45) is 1.60. The van der Waals surface area contributed by atoms with Crippen LogP contribution in [0.2, 0.25) is 0 Å². The minimum absolute atomic E-state index is 0.219. The number of rotatable bonds is 1. The quantitative estimate of drug-likeness (QED) is 0.794. The maximum Gasteiger partial charge on any atom is 0.434 e. The zero-order valence-electron chi connectivity index (χ0n) is 6.61. The molecule has 7 heteroatoms. The minimum Gasteiger partial charge on any atom is -0.386 e. The molecule has 2 aromatic rings. The van der Waals surface area contributed by atoms with Gasteiger partial charge in [-0.1, -0.05) is 0 Å². The Hall–Kier alpha value is -1.37. The van der Waals surface area contributed by atoms with Crippen molar-refractivity contribution in [2.45, 2.75) is 0 Å². The predicted molar refractivity (Wildman–Crippen MR) is 47.0 cm³/mol. The van der Waals surface area contributed by atoms with E-state index >= 15 is 0 Å². The van der Waals surface area contributed by atoms with Crippen LogP contribution in [0, 0.1) is 0 Å². The average Bonchev–Trinajstić information content (AvgIpc) is 2.60. The Kier molecular flexibility index (Phi) is 1.80. The van der Waals surface area contributed by atoms with E-state index in [0.29, 0.717) is 5.69 Å². The van der Waals surface area contributed by atoms with E-state index in [2.05, 4.69) is 31.2 Å². The van der Waals surface area contributed by atoms with Gasteiger partial charge in [0, 0.05) is 7.05 Å². The molecule has 0 aliphatic heterocycles. The van der Waals surface area contributed by atoms with Crippen LogP contribution >= 0.6 is 15.9 Å². The van der Waals surface area contributed by atoms with Crippen LogP contribution in [0.1, 0.15) is 0 Å². The van der Waals surface area contributed by atoms with Crippen molar-refractivity contribution in [3.8, 4) is 11.6 Å². The van der Waals surface area contributed by atoms with E-state index in [1.807, 2.05) is 0 Å². The first-order chi connectivity index (χ1) is 6.18. The molecule has 2 heterocycles. The Morgan fingerprint density at radius 1 is 1.69 bits per heavy atom. The van der Waals surface area contributed by atoms with Crippen LogP contribution in [-0.4, -0.2) is 20.0 Å². The third-order valence-corrected chi connectivity index (χ3v) is 2.12. The SMILES string of the molecule is Cn1ncc(Br)c1-c1n[nH]c(=O)o1. The molecule has 13 heavy (non-hydrogen) atoms. The number of hydrogen-bond donors (Lipinski definition) is 1. The third-order valence-electron chi connectivity index (χ3n) is 1.53. The van der Waals surface area contributed by atoms with Crippen molar-refractivity contribution in [3.05, 3.63) is 21.2 Å². The van der Waals surface area contributed by atoms with Crippen LogP contribution < -0.4 is 5.76 Å². The van der Waals surface area contributed by atoms with Crippen molar-refractivity contribution in [2.75, 3.05) is 0 Å². The summed E-state index contributed by atoms with van der Waals surface area (Å²) in [5.41, 5.74) is 0.623. The Balaban J connectivity index is 2.64. The fourth-order valence-electron chi connectivity index (χ4n) is 0.982. The van der Waals surface area contributed by atoms with Crippen LogP contribution in [0.15, 0.2) is 19.9 Å². The summed E-state index contributed by atoms with van der Waals surface area (Å²) in [4.78, 5) is 10.7. The molecule has 0 radical (unpaired) electrons. The standard InChI is InChI=1S/C6H5BrN4O2/c1-11-4(3(7)2-8-11)5-9-10-6(12)13-5/h2H,1H3,(H,10,12). The molecule has 0 saturated carbocycles. The van der Waals surface area contributed by atoms with E-state index in [1.165, 1.54) is 0 Å². The number of aromatic amines is 1. The summed E-state index contributed by atoms with van der Waals surface area (Å²) < 4.78 is 7.06. The van der Waals surface area contributed by atoms with Crippen molar-refractivity contribution < 1.29 is 4.42 Å². The lowest BCUT2D eigenvalue weighted by atomic mass is 10.4. The van der Waals surface area contributed by atoms with Gasteiger partial charge in [-0.2, -0.15) is 5.10 Å². The second-order valence-electron chi connectivity index (χ2n) is 2.38. The van der Waals surface area contributed by atoms with Gasteiger partial charge in [0.2, 0.25) is 0 Å². The van der Waals surface area contributed by atoms with E-state index in [4.69, 9.17) is 4.42 Å². The average molecular weight is 245 g/mol. The third kappa shape index (κ3) is 1.31. The Morgan fingerprint density at radius 3 is 2.92 bits per heavy atom. The molecule has 0 amide bonds. The molecule has 2 aromatic heterocycles. The Bertz CT molecular complexity index is 463. The van der Waals surface area contributed by atoms with Crippen molar-refractivity contribution in [3.63, 3.8) is 0 Å². The van der Waals surface area contributed by atoms with Gasteiger partial charge in [-0.05, 0) is 15.9 Å². The molecule has 0 fully saturated rings. The molecule has 0 unspecified atom stereocenters. The van der Waals surface area contributed by atoms with Crippen LogP contribution in [-0.2, 0) is 7.05 Å². The van der Waals surface area contributed by atoms with Crippen LogP contribution in [0.4, 0.5) is 0 Å². The molecule has 0 aliphatic carbocycles. The van der Waals surface area contributed by atoms with Crippen molar-refractivity contribution in [1.29, 1.82) is 0 Å². The number of halogens is 1. The summed E-state index contributed by atoms with van der Waals surface area (Å²) in [6.45, 7) is 0. The summed E-state index contributed by atoms with van der Waals surface area (Å²) in [5, 5.41) is 9.82. The molecule has 68 valence electrons. The highest BCUT2D eigenvalue weighted by Crippen LogP contribution is 2.24. The van der Waals surface area contributed by atoms with Crippen LogP contribution in [0.3, 0.4) is 0 Å². The minimum atomic E-state index is -0.580. The van der Waals surface area contributed by atoms with Crippen molar-refractivity contribution in [2.24, 2.45) is 7.05 Å². The van der Waals surface area contributed by atoms with Crippen molar-refractivity contribution in [1.82, 2.24) is 20.0 Å². The molecule has 0 aliphatic rings. The fourth-order valence-corrected chi connectivity index (χ4v) is 1.50. The van der Waals surface area contributed by atoms with Crippen molar-refractivity contribution >= 4 is 15.9 Å². The Labute approximate surface area is 80.7 Å². The van der Waals surface area contributed by atoms with Crippen LogP contribution in [0.5, 0.6) is 0 Å². The number of H-pyrrole nitrogens is 1.